The molecule has 0 aliphatic carbocycles. The van der Waals surface area contributed by atoms with Crippen molar-refractivity contribution in [2.24, 2.45) is 0 Å². The number of aromatic nitrogens is 2. The number of pyridine rings is 1. The molecule has 1 aliphatic rings. The van der Waals surface area contributed by atoms with E-state index < -0.39 is 0 Å². The van der Waals surface area contributed by atoms with Crippen molar-refractivity contribution >= 4 is 57.7 Å². The number of aryl methyl sites for hydroxylation is 2. The zero-order valence-electron chi connectivity index (χ0n) is 20.4. The van der Waals surface area contributed by atoms with Crippen LogP contribution in [-0.2, 0) is 11.3 Å². The van der Waals surface area contributed by atoms with Gasteiger partial charge in [-0.3, -0.25) is 18.9 Å². The summed E-state index contributed by atoms with van der Waals surface area (Å²) < 4.78 is 7.19. The number of carbonyl (C=O) groups excluding carboxylic acids is 1. The number of rotatable bonds is 6. The smallest absolute Gasteiger partial charge is 0.266 e. The van der Waals surface area contributed by atoms with E-state index >= 15 is 0 Å². The van der Waals surface area contributed by atoms with Crippen LogP contribution in [0.5, 0.6) is 5.75 Å². The summed E-state index contributed by atoms with van der Waals surface area (Å²) in [6.45, 7) is 4.29. The number of thiocarbonyl (C=S) groups is 1. The fraction of sp³-hybridized carbons (Fsp3) is 0.143. The largest absolute Gasteiger partial charge is 0.497 e. The second-order valence-corrected chi connectivity index (χ2v) is 11.3. The molecule has 1 fully saturated rings. The van der Waals surface area contributed by atoms with Crippen molar-refractivity contribution in [3.8, 4) is 5.75 Å². The normalized spacial score (nSPS) is 14.7. The Labute approximate surface area is 228 Å². The molecule has 5 rings (SSSR count). The van der Waals surface area contributed by atoms with Gasteiger partial charge in [-0.25, -0.2) is 4.98 Å². The Kier molecular flexibility index (Phi) is 7.19. The molecule has 0 spiro atoms. The topological polar surface area (TPSA) is 63.9 Å². The Hall–Kier alpha value is -3.40. The van der Waals surface area contributed by atoms with E-state index in [9.17, 15) is 9.59 Å². The van der Waals surface area contributed by atoms with Gasteiger partial charge in [0.2, 0.25) is 0 Å². The lowest BCUT2D eigenvalue weighted by Gasteiger charge is -2.14. The van der Waals surface area contributed by atoms with Gasteiger partial charge in [0.1, 0.15) is 20.7 Å². The third-order valence-electron chi connectivity index (χ3n) is 5.93. The molecule has 1 aliphatic heterocycles. The van der Waals surface area contributed by atoms with Crippen LogP contribution in [0.1, 0.15) is 22.3 Å². The molecule has 4 aromatic rings. The van der Waals surface area contributed by atoms with Gasteiger partial charge in [0.25, 0.3) is 11.5 Å². The molecular formula is C28H23N3O3S3. The van der Waals surface area contributed by atoms with Crippen molar-refractivity contribution in [2.45, 2.75) is 30.3 Å². The van der Waals surface area contributed by atoms with Crippen LogP contribution in [0.25, 0.3) is 11.7 Å². The van der Waals surface area contributed by atoms with Gasteiger partial charge in [-0.05, 0) is 61.4 Å². The van der Waals surface area contributed by atoms with Crippen LogP contribution in [0.15, 0.2) is 86.5 Å². The molecule has 0 atom stereocenters. The lowest BCUT2D eigenvalue weighted by atomic mass is 10.2. The number of hydrogen-bond donors (Lipinski definition) is 0. The van der Waals surface area contributed by atoms with E-state index in [2.05, 4.69) is 0 Å². The molecule has 6 nitrogen and oxygen atoms in total. The van der Waals surface area contributed by atoms with Gasteiger partial charge in [0, 0.05) is 11.1 Å². The zero-order valence-corrected chi connectivity index (χ0v) is 22.9. The van der Waals surface area contributed by atoms with Crippen LogP contribution in [0.4, 0.5) is 0 Å². The molecule has 0 radical (unpaired) electrons. The van der Waals surface area contributed by atoms with Gasteiger partial charge in [-0.15, -0.1) is 0 Å². The molecule has 3 heterocycles. The minimum Gasteiger partial charge on any atom is -0.497 e. The van der Waals surface area contributed by atoms with Gasteiger partial charge < -0.3 is 4.74 Å². The zero-order chi connectivity index (χ0) is 26.1. The highest BCUT2D eigenvalue weighted by molar-refractivity contribution is 8.26. The van der Waals surface area contributed by atoms with Crippen molar-refractivity contribution in [3.63, 3.8) is 0 Å². The number of thioether (sulfide) groups is 1. The molecule has 1 amide bonds. The minimum absolute atomic E-state index is 0.231. The molecule has 37 heavy (non-hydrogen) atoms. The van der Waals surface area contributed by atoms with Gasteiger partial charge in [0.05, 0.1) is 24.1 Å². The maximum atomic E-state index is 13.6. The lowest BCUT2D eigenvalue weighted by Crippen LogP contribution is -2.27. The predicted molar refractivity (Wildman–Crippen MR) is 153 cm³/mol. The Morgan fingerprint density at radius 3 is 2.49 bits per heavy atom. The van der Waals surface area contributed by atoms with E-state index in [0.717, 1.165) is 27.3 Å². The molecule has 0 unspecified atom stereocenters. The Balaban J connectivity index is 1.54. The highest BCUT2D eigenvalue weighted by Gasteiger charge is 2.32. The molecule has 0 bridgehead atoms. The third-order valence-corrected chi connectivity index (χ3v) is 8.32. The Bertz CT molecular complexity index is 1610. The number of ether oxygens (including phenoxy) is 1. The van der Waals surface area contributed by atoms with E-state index in [0.29, 0.717) is 32.0 Å². The number of fused-ring (bicyclic) bond motifs is 1. The molecule has 9 heteroatoms. The number of nitrogens with zero attached hydrogens (tertiary/aromatic N) is 3. The number of carbonyl (C=O) groups is 1. The lowest BCUT2D eigenvalue weighted by molar-refractivity contribution is -0.122. The van der Waals surface area contributed by atoms with Crippen molar-refractivity contribution in [2.75, 3.05) is 7.11 Å². The van der Waals surface area contributed by atoms with Crippen LogP contribution in [0, 0.1) is 13.8 Å². The summed E-state index contributed by atoms with van der Waals surface area (Å²) in [5.41, 5.74) is 3.68. The second kappa shape index (κ2) is 10.5. The quantitative estimate of drug-likeness (QED) is 0.171. The monoisotopic (exact) mass is 545 g/mol. The SMILES string of the molecule is COc1ccc(CN2C(=O)C(=Cc3c(Sc4ccc(C)cc4)nc4c(C)cccn4c3=O)SC2=S)cc1. The molecule has 2 aromatic carbocycles. The molecule has 186 valence electrons. The Morgan fingerprint density at radius 2 is 1.78 bits per heavy atom. The summed E-state index contributed by atoms with van der Waals surface area (Å²) in [4.78, 5) is 34.8. The highest BCUT2D eigenvalue weighted by atomic mass is 32.2. The first-order chi connectivity index (χ1) is 17.8. The first kappa shape index (κ1) is 25.3. The average molecular weight is 546 g/mol. The summed E-state index contributed by atoms with van der Waals surface area (Å²) in [6, 6.07) is 19.3. The van der Waals surface area contributed by atoms with Crippen molar-refractivity contribution in [1.29, 1.82) is 0 Å². The molecular weight excluding hydrogens is 523 g/mol. The molecule has 2 aromatic heterocycles. The fourth-order valence-electron chi connectivity index (χ4n) is 3.89. The summed E-state index contributed by atoms with van der Waals surface area (Å²) >= 11 is 8.14. The maximum absolute atomic E-state index is 13.6. The van der Waals surface area contributed by atoms with E-state index in [4.69, 9.17) is 21.9 Å². The molecule has 0 N–H and O–H groups in total. The summed E-state index contributed by atoms with van der Waals surface area (Å²) in [5, 5.41) is 0.545. The van der Waals surface area contributed by atoms with Crippen LogP contribution < -0.4 is 10.3 Å². The summed E-state index contributed by atoms with van der Waals surface area (Å²) in [7, 11) is 1.61. The molecule has 1 saturated heterocycles. The van der Waals surface area contributed by atoms with Crippen molar-refractivity contribution in [3.05, 3.63) is 104 Å². The predicted octanol–water partition coefficient (Wildman–Crippen LogP) is 5.87. The fourth-order valence-corrected chi connectivity index (χ4v) is 6.01. The van der Waals surface area contributed by atoms with Gasteiger partial charge >= 0.3 is 0 Å². The number of benzene rings is 2. The molecule has 0 saturated carbocycles. The standard InChI is InChI=1S/C28H23N3O3S3/c1-17-6-12-21(13-7-17)36-25-22(26(32)30-14-4-5-18(2)24(30)29-25)15-23-27(33)31(28(35)37-23)16-19-8-10-20(34-3)11-9-19/h4-15H,16H2,1-3H3. The van der Waals surface area contributed by atoms with E-state index in [-0.39, 0.29) is 11.5 Å². The van der Waals surface area contributed by atoms with Gasteiger partial charge in [-0.1, -0.05) is 71.6 Å². The Morgan fingerprint density at radius 1 is 1.05 bits per heavy atom. The number of methoxy groups -OCH3 is 1. The first-order valence-corrected chi connectivity index (χ1v) is 13.5. The number of hydrogen-bond acceptors (Lipinski definition) is 7. The second-order valence-electron chi connectivity index (χ2n) is 8.55. The van der Waals surface area contributed by atoms with Crippen molar-refractivity contribution < 1.29 is 9.53 Å². The minimum atomic E-state index is -0.233. The van der Waals surface area contributed by atoms with Crippen LogP contribution in [0.3, 0.4) is 0 Å². The maximum Gasteiger partial charge on any atom is 0.266 e. The highest BCUT2D eigenvalue weighted by Crippen LogP contribution is 2.36. The van der Waals surface area contributed by atoms with Crippen LogP contribution >= 0.6 is 35.7 Å². The number of amides is 1. The average Bonchev–Trinajstić information content (AvgIpc) is 3.16. The first-order valence-electron chi connectivity index (χ1n) is 11.5. The van der Waals surface area contributed by atoms with Gasteiger partial charge in [0.15, 0.2) is 0 Å². The third kappa shape index (κ3) is 5.20. The van der Waals surface area contributed by atoms with E-state index in [1.807, 2.05) is 74.5 Å². The van der Waals surface area contributed by atoms with E-state index in [1.165, 1.54) is 27.9 Å². The van der Waals surface area contributed by atoms with Crippen molar-refractivity contribution in [1.82, 2.24) is 14.3 Å². The van der Waals surface area contributed by atoms with Gasteiger partial charge in [-0.2, -0.15) is 0 Å². The summed E-state index contributed by atoms with van der Waals surface area (Å²) in [6.07, 6.45) is 3.33. The van der Waals surface area contributed by atoms with Crippen LogP contribution in [0.2, 0.25) is 0 Å². The summed E-state index contributed by atoms with van der Waals surface area (Å²) in [5.74, 6) is 0.512. The van der Waals surface area contributed by atoms with E-state index in [1.54, 1.807) is 24.3 Å². The van der Waals surface area contributed by atoms with Crippen LogP contribution in [-0.4, -0.2) is 31.6 Å².